The van der Waals surface area contributed by atoms with Crippen LogP contribution in [0, 0.1) is 11.8 Å². The molecule has 1 aromatic rings. The topological polar surface area (TPSA) is 103 Å². The number of nitrogens with zero attached hydrogens (tertiary/aromatic N) is 2. The SMILES string of the molecule is O=C(CN1CCCCCCCCCNCCCCC1=O)NC1=CC2CC(=O)Nc3ncccc3CC2C=C1. The van der Waals surface area contributed by atoms with Crippen LogP contribution in [0.25, 0.3) is 0 Å². The summed E-state index contributed by atoms with van der Waals surface area (Å²) in [7, 11) is 0. The molecule has 8 heteroatoms. The van der Waals surface area contributed by atoms with Crippen LogP contribution in [-0.4, -0.2) is 53.8 Å². The van der Waals surface area contributed by atoms with Crippen LogP contribution in [0.4, 0.5) is 5.82 Å². The first kappa shape index (κ1) is 28.0. The van der Waals surface area contributed by atoms with Gasteiger partial charge in [0.2, 0.25) is 17.7 Å². The normalized spacial score (nSPS) is 24.2. The Labute approximate surface area is 226 Å². The van der Waals surface area contributed by atoms with Crippen molar-refractivity contribution >= 4 is 23.5 Å². The van der Waals surface area contributed by atoms with E-state index in [4.69, 9.17) is 0 Å². The van der Waals surface area contributed by atoms with Crippen LogP contribution >= 0.6 is 0 Å². The second-order valence-electron chi connectivity index (χ2n) is 10.8. The third-order valence-electron chi connectivity index (χ3n) is 7.74. The van der Waals surface area contributed by atoms with Gasteiger partial charge in [-0.1, -0.05) is 50.3 Å². The predicted molar refractivity (Wildman–Crippen MR) is 149 cm³/mol. The second kappa shape index (κ2) is 14.8. The van der Waals surface area contributed by atoms with E-state index in [0.29, 0.717) is 30.9 Å². The van der Waals surface area contributed by atoms with Crippen molar-refractivity contribution in [3.63, 3.8) is 0 Å². The van der Waals surface area contributed by atoms with Gasteiger partial charge in [-0.2, -0.15) is 0 Å². The van der Waals surface area contributed by atoms with E-state index < -0.39 is 0 Å². The minimum atomic E-state index is -0.186. The molecule has 1 saturated heterocycles. The fraction of sp³-hybridized carbons (Fsp3) is 0.600. The summed E-state index contributed by atoms with van der Waals surface area (Å²) in [6, 6.07) is 3.88. The third-order valence-corrected chi connectivity index (χ3v) is 7.74. The summed E-state index contributed by atoms with van der Waals surface area (Å²) in [5, 5.41) is 9.39. The van der Waals surface area contributed by atoms with Crippen LogP contribution in [0.15, 0.2) is 42.3 Å². The van der Waals surface area contributed by atoms with Crippen molar-refractivity contribution in [1.82, 2.24) is 20.5 Å². The molecule has 2 atom stereocenters. The second-order valence-corrected chi connectivity index (χ2v) is 10.8. The zero-order valence-electron chi connectivity index (χ0n) is 22.6. The van der Waals surface area contributed by atoms with Crippen molar-refractivity contribution in [3.8, 4) is 0 Å². The number of hydrogen-bond acceptors (Lipinski definition) is 5. The van der Waals surface area contributed by atoms with Gasteiger partial charge >= 0.3 is 0 Å². The molecule has 206 valence electrons. The van der Waals surface area contributed by atoms with Crippen LogP contribution in [0.1, 0.15) is 76.2 Å². The lowest BCUT2D eigenvalue weighted by Gasteiger charge is -2.29. The summed E-state index contributed by atoms with van der Waals surface area (Å²) in [6.45, 7) is 2.69. The summed E-state index contributed by atoms with van der Waals surface area (Å²) in [5.74, 6) is 0.587. The van der Waals surface area contributed by atoms with Gasteiger partial charge < -0.3 is 20.9 Å². The first-order valence-electron chi connectivity index (χ1n) is 14.5. The molecule has 1 aromatic heterocycles. The molecule has 0 saturated carbocycles. The van der Waals surface area contributed by atoms with Crippen molar-refractivity contribution < 1.29 is 14.4 Å². The van der Waals surface area contributed by atoms with Gasteiger partial charge in [0.1, 0.15) is 5.82 Å². The lowest BCUT2D eigenvalue weighted by molar-refractivity contribution is -0.136. The molecular formula is C30H43N5O3. The summed E-state index contributed by atoms with van der Waals surface area (Å²) in [5.41, 5.74) is 1.71. The van der Waals surface area contributed by atoms with E-state index in [9.17, 15) is 14.4 Å². The van der Waals surface area contributed by atoms with E-state index in [1.54, 1.807) is 11.1 Å². The Bertz CT molecular complexity index is 1020. The summed E-state index contributed by atoms with van der Waals surface area (Å²) >= 11 is 0. The number of anilines is 1. The van der Waals surface area contributed by atoms with Gasteiger partial charge in [0, 0.05) is 31.3 Å². The summed E-state index contributed by atoms with van der Waals surface area (Å²) in [6.07, 6.45) is 19.3. The molecule has 8 nitrogen and oxygen atoms in total. The lowest BCUT2D eigenvalue weighted by Crippen LogP contribution is -2.41. The van der Waals surface area contributed by atoms with Crippen LogP contribution in [-0.2, 0) is 20.8 Å². The Balaban J connectivity index is 1.33. The van der Waals surface area contributed by atoms with E-state index in [0.717, 1.165) is 50.8 Å². The van der Waals surface area contributed by atoms with Crippen molar-refractivity contribution in [2.75, 3.05) is 31.5 Å². The highest BCUT2D eigenvalue weighted by atomic mass is 16.2. The number of aromatic nitrogens is 1. The van der Waals surface area contributed by atoms with Crippen LogP contribution in [0.5, 0.6) is 0 Å². The highest BCUT2D eigenvalue weighted by Gasteiger charge is 2.28. The minimum absolute atomic E-state index is 0.0122. The maximum absolute atomic E-state index is 13.0. The number of pyridine rings is 1. The van der Waals surface area contributed by atoms with Crippen LogP contribution < -0.4 is 16.0 Å². The zero-order valence-corrected chi connectivity index (χ0v) is 22.6. The van der Waals surface area contributed by atoms with Gasteiger partial charge in [0.25, 0.3) is 0 Å². The summed E-state index contributed by atoms with van der Waals surface area (Å²) in [4.78, 5) is 44.6. The molecule has 2 unspecified atom stereocenters. The highest BCUT2D eigenvalue weighted by molar-refractivity contribution is 5.91. The fourth-order valence-corrected chi connectivity index (χ4v) is 5.57. The minimum Gasteiger partial charge on any atom is -0.333 e. The maximum atomic E-state index is 13.0. The monoisotopic (exact) mass is 521 g/mol. The smallest absolute Gasteiger partial charge is 0.243 e. The number of carbonyl (C=O) groups is 3. The van der Waals surface area contributed by atoms with Gasteiger partial charge in [0.05, 0.1) is 6.54 Å². The molecular weight excluding hydrogens is 478 g/mol. The molecule has 3 aliphatic rings. The zero-order chi connectivity index (χ0) is 26.6. The Morgan fingerprint density at radius 1 is 0.974 bits per heavy atom. The standard InChI is InChI=1S/C30H43N5O3/c36-27-21-25-20-26(14-13-23(25)19-24-11-10-17-32-30(24)34-27)33-28(37)22-35-18-9-5-3-1-2-4-7-15-31-16-8-6-12-29(35)38/h10-11,13-14,17,20,23,25,31H,1-9,12,15-16,18-19,21-22H2,(H,33,37)(H,32,34,36). The van der Waals surface area contributed by atoms with E-state index in [1.165, 1.54) is 32.1 Å². The highest BCUT2D eigenvalue weighted by Crippen LogP contribution is 2.32. The Kier molecular flexibility index (Phi) is 10.9. The predicted octanol–water partition coefficient (Wildman–Crippen LogP) is 4.10. The fourth-order valence-electron chi connectivity index (χ4n) is 5.57. The molecule has 3 N–H and O–H groups in total. The molecule has 3 heterocycles. The first-order valence-corrected chi connectivity index (χ1v) is 14.5. The van der Waals surface area contributed by atoms with Crippen molar-refractivity contribution in [2.45, 2.75) is 77.0 Å². The number of rotatable bonds is 3. The van der Waals surface area contributed by atoms with Gasteiger partial charge in [0.15, 0.2) is 0 Å². The quantitative estimate of drug-likeness (QED) is 0.556. The van der Waals surface area contributed by atoms with Gasteiger partial charge in [-0.05, 0) is 74.7 Å². The van der Waals surface area contributed by atoms with E-state index in [2.05, 4.69) is 27.0 Å². The van der Waals surface area contributed by atoms with Crippen molar-refractivity contribution in [1.29, 1.82) is 0 Å². The average Bonchev–Trinajstić information content (AvgIpc) is 2.89. The number of nitrogens with one attached hydrogen (secondary N) is 3. The number of allylic oxidation sites excluding steroid dienone is 3. The number of amides is 3. The number of fused-ring (bicyclic) bond motifs is 2. The number of hydrogen-bond donors (Lipinski definition) is 3. The lowest BCUT2D eigenvalue weighted by atomic mass is 9.80. The molecule has 2 aliphatic heterocycles. The van der Waals surface area contributed by atoms with Crippen molar-refractivity contribution in [2.24, 2.45) is 11.8 Å². The number of carbonyl (C=O) groups excluding carboxylic acids is 3. The molecule has 0 aromatic carbocycles. The molecule has 38 heavy (non-hydrogen) atoms. The summed E-state index contributed by atoms with van der Waals surface area (Å²) < 4.78 is 0. The van der Waals surface area contributed by atoms with E-state index in [1.807, 2.05) is 24.3 Å². The Morgan fingerprint density at radius 2 is 1.74 bits per heavy atom. The first-order chi connectivity index (χ1) is 18.6. The molecule has 0 spiro atoms. The molecule has 0 bridgehead atoms. The van der Waals surface area contributed by atoms with Gasteiger partial charge in [-0.15, -0.1) is 0 Å². The van der Waals surface area contributed by atoms with Crippen molar-refractivity contribution in [3.05, 3.63) is 47.8 Å². The Morgan fingerprint density at radius 3 is 2.58 bits per heavy atom. The largest absolute Gasteiger partial charge is 0.333 e. The molecule has 1 fully saturated rings. The van der Waals surface area contributed by atoms with Gasteiger partial charge in [-0.25, -0.2) is 4.98 Å². The molecule has 4 rings (SSSR count). The van der Waals surface area contributed by atoms with Crippen LogP contribution in [0.2, 0.25) is 0 Å². The third kappa shape index (κ3) is 8.79. The average molecular weight is 522 g/mol. The van der Waals surface area contributed by atoms with E-state index in [-0.39, 0.29) is 36.1 Å². The maximum Gasteiger partial charge on any atom is 0.243 e. The molecule has 1 aliphatic carbocycles. The van der Waals surface area contributed by atoms with Gasteiger partial charge in [-0.3, -0.25) is 14.4 Å². The Hall–Kier alpha value is -3.00. The molecule has 3 amide bonds. The van der Waals surface area contributed by atoms with E-state index >= 15 is 0 Å². The van der Waals surface area contributed by atoms with Crippen LogP contribution in [0.3, 0.4) is 0 Å². The molecule has 0 radical (unpaired) electrons.